The highest BCUT2D eigenvalue weighted by Gasteiger charge is 2.19. The topological polar surface area (TPSA) is 101 Å². The van der Waals surface area contributed by atoms with Crippen LogP contribution < -0.4 is 0 Å². The lowest BCUT2D eigenvalue weighted by molar-refractivity contribution is 0.0693. The average molecular weight is 477 g/mol. The monoisotopic (exact) mass is 476 g/mol. The Morgan fingerprint density at radius 2 is 1.88 bits per heavy atom. The Kier molecular flexibility index (Phi) is 7.23. The predicted molar refractivity (Wildman–Crippen MR) is 130 cm³/mol. The third-order valence-electron chi connectivity index (χ3n) is 5.68. The number of imidazole rings is 1. The molecule has 4 rings (SSSR count). The third-order valence-corrected chi connectivity index (χ3v) is 6.00. The molecule has 2 aromatic carbocycles. The van der Waals surface area contributed by atoms with Gasteiger partial charge in [-0.15, -0.1) is 0 Å². The number of carboxylic acids is 1. The Morgan fingerprint density at radius 3 is 2.59 bits per heavy atom. The van der Waals surface area contributed by atoms with Gasteiger partial charge in [0.05, 0.1) is 17.8 Å². The van der Waals surface area contributed by atoms with Crippen LogP contribution in [-0.2, 0) is 19.4 Å². The van der Waals surface area contributed by atoms with Crippen molar-refractivity contribution in [1.82, 2.24) is 19.7 Å². The number of H-pyrrole nitrogens is 1. The summed E-state index contributed by atoms with van der Waals surface area (Å²) in [6.07, 6.45) is 6.90. The van der Waals surface area contributed by atoms with E-state index in [0.29, 0.717) is 23.7 Å². The van der Waals surface area contributed by atoms with Crippen molar-refractivity contribution in [2.45, 2.75) is 39.2 Å². The summed E-state index contributed by atoms with van der Waals surface area (Å²) in [4.78, 5) is 32.5. The highest BCUT2D eigenvalue weighted by Crippen LogP contribution is 2.23. The van der Waals surface area contributed by atoms with Crippen molar-refractivity contribution in [2.75, 3.05) is 0 Å². The number of nitrogens with one attached hydrogen (secondary N) is 1. The fraction of sp³-hybridized carbons (Fsp3) is 0.231. The van der Waals surface area contributed by atoms with Crippen LogP contribution in [0.15, 0.2) is 60.9 Å². The van der Waals surface area contributed by atoms with Crippen LogP contribution in [0.25, 0.3) is 0 Å². The number of hydrogen-bond donors (Lipinski definition) is 2. The molecule has 8 heteroatoms. The van der Waals surface area contributed by atoms with E-state index in [0.717, 1.165) is 41.9 Å². The minimum atomic E-state index is -1.12. The van der Waals surface area contributed by atoms with Gasteiger partial charge in [-0.25, -0.2) is 9.78 Å². The van der Waals surface area contributed by atoms with E-state index in [9.17, 15) is 14.7 Å². The summed E-state index contributed by atoms with van der Waals surface area (Å²) in [5.74, 6) is -0.683. The zero-order chi connectivity index (χ0) is 24.1. The molecule has 0 aliphatic heterocycles. The van der Waals surface area contributed by atoms with Gasteiger partial charge in [0, 0.05) is 29.9 Å². The molecule has 0 saturated heterocycles. The van der Waals surface area contributed by atoms with Crippen LogP contribution in [0.3, 0.4) is 0 Å². The van der Waals surface area contributed by atoms with Crippen molar-refractivity contribution in [3.63, 3.8) is 0 Å². The predicted octanol–water partition coefficient (Wildman–Crippen LogP) is 5.17. The minimum absolute atomic E-state index is 0.00150. The molecule has 2 aromatic heterocycles. The molecule has 174 valence electrons. The molecule has 4 aromatic rings. The molecule has 0 bridgehead atoms. The molecule has 0 aliphatic rings. The quantitative estimate of drug-likeness (QED) is 0.307. The normalized spacial score (nSPS) is 11.0. The first-order valence-electron chi connectivity index (χ1n) is 11.2. The van der Waals surface area contributed by atoms with Gasteiger partial charge in [-0.05, 0) is 42.2 Å². The van der Waals surface area contributed by atoms with E-state index in [4.69, 9.17) is 11.6 Å². The largest absolute Gasteiger partial charge is 0.478 e. The van der Waals surface area contributed by atoms with Crippen molar-refractivity contribution < 1.29 is 14.7 Å². The molecule has 0 radical (unpaired) electrons. The van der Waals surface area contributed by atoms with Crippen LogP contribution in [0.2, 0.25) is 5.15 Å². The summed E-state index contributed by atoms with van der Waals surface area (Å²) in [5.41, 5.74) is 3.54. The number of aryl methyl sites for hydroxylation is 1. The zero-order valence-corrected chi connectivity index (χ0v) is 19.5. The van der Waals surface area contributed by atoms with E-state index >= 15 is 0 Å². The molecule has 0 saturated carbocycles. The van der Waals surface area contributed by atoms with Gasteiger partial charge in [-0.2, -0.15) is 5.10 Å². The second kappa shape index (κ2) is 10.5. The van der Waals surface area contributed by atoms with Crippen LogP contribution in [0.1, 0.15) is 68.7 Å². The number of benzene rings is 2. The molecule has 0 amide bonds. The van der Waals surface area contributed by atoms with Crippen molar-refractivity contribution in [3.05, 3.63) is 105 Å². The van der Waals surface area contributed by atoms with Crippen LogP contribution in [0.4, 0.5) is 0 Å². The molecule has 0 aliphatic carbocycles. The van der Waals surface area contributed by atoms with Gasteiger partial charge in [0.25, 0.3) is 0 Å². The molecule has 2 N–H and O–H groups in total. The lowest BCUT2D eigenvalue weighted by Crippen LogP contribution is -2.10. The fourth-order valence-corrected chi connectivity index (χ4v) is 4.14. The smallest absolute Gasteiger partial charge is 0.336 e. The van der Waals surface area contributed by atoms with Gasteiger partial charge in [0.2, 0.25) is 0 Å². The van der Waals surface area contributed by atoms with E-state index in [1.54, 1.807) is 35.1 Å². The number of aromatic carboxylic acids is 1. The summed E-state index contributed by atoms with van der Waals surface area (Å²) in [6.45, 7) is 2.61. The summed E-state index contributed by atoms with van der Waals surface area (Å²) in [6, 6.07) is 13.7. The first-order chi connectivity index (χ1) is 16.5. The maximum absolute atomic E-state index is 13.2. The Hall–Kier alpha value is -3.71. The van der Waals surface area contributed by atoms with E-state index in [1.807, 2.05) is 24.4 Å². The highest BCUT2D eigenvalue weighted by atomic mass is 35.5. The molecule has 0 fully saturated rings. The standard InChI is InChI=1S/C26H25ClN4O3/c1-2-3-7-17-14-19(24(32)20-8-4-5-9-21(20)26(33)34)11-10-18(17)15-23-29-22(25(27)30-23)16-31-13-6-12-28-31/h4-6,8-14H,2-3,7,15-16H2,1H3,(H,29,30)(H,33,34). The molecule has 0 spiro atoms. The summed E-state index contributed by atoms with van der Waals surface area (Å²) in [5, 5.41) is 14.1. The summed E-state index contributed by atoms with van der Waals surface area (Å²) in [7, 11) is 0. The molecule has 0 unspecified atom stereocenters. The van der Waals surface area contributed by atoms with Crippen molar-refractivity contribution in [1.29, 1.82) is 0 Å². The molecular formula is C26H25ClN4O3. The summed E-state index contributed by atoms with van der Waals surface area (Å²) >= 11 is 6.35. The van der Waals surface area contributed by atoms with E-state index in [-0.39, 0.29) is 16.9 Å². The Morgan fingerprint density at radius 1 is 1.09 bits per heavy atom. The first kappa shape index (κ1) is 23.4. The molecule has 7 nitrogen and oxygen atoms in total. The number of unbranched alkanes of at least 4 members (excludes halogenated alkanes) is 1. The van der Waals surface area contributed by atoms with Gasteiger partial charge in [-0.3, -0.25) is 9.48 Å². The minimum Gasteiger partial charge on any atom is -0.478 e. The Bertz CT molecular complexity index is 1310. The van der Waals surface area contributed by atoms with Crippen molar-refractivity contribution >= 4 is 23.4 Å². The highest BCUT2D eigenvalue weighted by molar-refractivity contribution is 6.30. The third kappa shape index (κ3) is 5.26. The van der Waals surface area contributed by atoms with Gasteiger partial charge in [0.1, 0.15) is 5.82 Å². The van der Waals surface area contributed by atoms with Gasteiger partial charge < -0.3 is 10.1 Å². The lowest BCUT2D eigenvalue weighted by Gasteiger charge is -2.12. The second-order valence-electron chi connectivity index (χ2n) is 8.10. The number of aromatic amines is 1. The van der Waals surface area contributed by atoms with E-state index < -0.39 is 5.97 Å². The number of hydrogen-bond acceptors (Lipinski definition) is 4. The number of carboxylic acid groups (broad SMARTS) is 1. The van der Waals surface area contributed by atoms with Crippen LogP contribution in [0, 0.1) is 0 Å². The molecule has 0 atom stereocenters. The number of carbonyl (C=O) groups excluding carboxylic acids is 1. The van der Waals surface area contributed by atoms with Crippen molar-refractivity contribution in [3.8, 4) is 0 Å². The van der Waals surface area contributed by atoms with Gasteiger partial charge in [0.15, 0.2) is 10.9 Å². The molecule has 2 heterocycles. The number of halogens is 1. The van der Waals surface area contributed by atoms with Crippen LogP contribution in [-0.4, -0.2) is 36.6 Å². The maximum atomic E-state index is 13.2. The van der Waals surface area contributed by atoms with E-state index in [1.165, 1.54) is 6.07 Å². The first-order valence-corrected chi connectivity index (χ1v) is 11.5. The number of ketones is 1. The zero-order valence-electron chi connectivity index (χ0n) is 18.8. The van der Waals surface area contributed by atoms with Gasteiger partial charge >= 0.3 is 5.97 Å². The van der Waals surface area contributed by atoms with Gasteiger partial charge in [-0.1, -0.05) is 55.3 Å². The number of rotatable bonds is 10. The molecular weight excluding hydrogens is 452 g/mol. The Balaban J connectivity index is 1.62. The van der Waals surface area contributed by atoms with Crippen molar-refractivity contribution in [2.24, 2.45) is 0 Å². The van der Waals surface area contributed by atoms with E-state index in [2.05, 4.69) is 22.0 Å². The summed E-state index contributed by atoms with van der Waals surface area (Å²) < 4.78 is 1.77. The SMILES string of the molecule is CCCCc1cc(C(=O)c2ccccc2C(=O)O)ccc1Cc1nc(Cl)c(Cn2cccn2)[nH]1. The van der Waals surface area contributed by atoms with Crippen LogP contribution >= 0.6 is 11.6 Å². The fourth-order valence-electron chi connectivity index (χ4n) is 3.93. The molecule has 34 heavy (non-hydrogen) atoms. The number of carbonyl (C=O) groups is 2. The average Bonchev–Trinajstić information content (AvgIpc) is 3.47. The van der Waals surface area contributed by atoms with Crippen LogP contribution in [0.5, 0.6) is 0 Å². The lowest BCUT2D eigenvalue weighted by atomic mass is 9.92. The second-order valence-corrected chi connectivity index (χ2v) is 8.46. The number of nitrogens with zero attached hydrogens (tertiary/aromatic N) is 3. The number of aromatic nitrogens is 4. The Labute approximate surface area is 202 Å². The maximum Gasteiger partial charge on any atom is 0.336 e.